The van der Waals surface area contributed by atoms with E-state index in [9.17, 15) is 9.90 Å². The molecule has 0 amide bonds. The van der Waals surface area contributed by atoms with Gasteiger partial charge in [0.1, 0.15) is 0 Å². The molecule has 3 nitrogen and oxygen atoms in total. The summed E-state index contributed by atoms with van der Waals surface area (Å²) in [6.07, 6.45) is 17.6. The van der Waals surface area contributed by atoms with Crippen molar-refractivity contribution in [2.75, 3.05) is 0 Å². The fourth-order valence-corrected chi connectivity index (χ4v) is 11.4. The van der Waals surface area contributed by atoms with Crippen LogP contribution >= 0.6 is 10.3 Å². The summed E-state index contributed by atoms with van der Waals surface area (Å²) >= 11 is 0. The molecule has 41 heavy (non-hydrogen) atoms. The molecule has 0 bridgehead atoms. The zero-order valence-corrected chi connectivity index (χ0v) is 25.3. The maximum Gasteiger partial charge on any atom is 0.517 e. The van der Waals surface area contributed by atoms with Crippen molar-refractivity contribution in [3.63, 3.8) is 0 Å². The fraction of sp³-hybridized carbons (Fsp3) is 0.486. The van der Waals surface area contributed by atoms with Crippen molar-refractivity contribution in [2.45, 2.75) is 129 Å². The van der Waals surface area contributed by atoms with Gasteiger partial charge in [-0.3, -0.25) is 0 Å². The number of hydrogen-bond donors (Lipinski definition) is 1. The van der Waals surface area contributed by atoms with E-state index in [2.05, 4.69) is 36.4 Å². The van der Waals surface area contributed by atoms with Gasteiger partial charge in [0.2, 0.25) is 0 Å². The molecule has 3 saturated carbocycles. The van der Waals surface area contributed by atoms with Crippen LogP contribution in [0.2, 0.25) is 0 Å². The van der Waals surface area contributed by atoms with E-state index in [-0.39, 0.29) is 0 Å². The standard InChI is InChI=1S/C37H46O3S/c38-37(39)40-41(32-22-12-4-13-23-32,33-24-14-5-15-25-33)36-34(29-18-8-2-9-19-29)26-31(28-16-6-1-7-17-28)27-35(36)30-20-10-3-11-21-30/h4-5,12-15,22-30H,1-3,6-11,16-21H2,(H,38,39). The lowest BCUT2D eigenvalue weighted by Crippen LogP contribution is -2.20. The smallest absolute Gasteiger partial charge is 0.449 e. The molecule has 6 rings (SSSR count). The number of benzene rings is 3. The largest absolute Gasteiger partial charge is 0.517 e. The summed E-state index contributed by atoms with van der Waals surface area (Å²) in [5.41, 5.74) is 4.31. The summed E-state index contributed by atoms with van der Waals surface area (Å²) in [5.74, 6) is 1.50. The fourth-order valence-electron chi connectivity index (χ4n) is 7.98. The third-order valence-electron chi connectivity index (χ3n) is 9.97. The van der Waals surface area contributed by atoms with Crippen molar-refractivity contribution >= 4 is 16.5 Å². The van der Waals surface area contributed by atoms with E-state index in [0.29, 0.717) is 17.8 Å². The van der Waals surface area contributed by atoms with Crippen LogP contribution < -0.4 is 0 Å². The van der Waals surface area contributed by atoms with Crippen LogP contribution in [0.3, 0.4) is 0 Å². The molecule has 0 unspecified atom stereocenters. The Bertz CT molecular complexity index is 1210. The van der Waals surface area contributed by atoms with Gasteiger partial charge in [-0.2, -0.15) is 0 Å². The predicted octanol–water partition coefficient (Wildman–Crippen LogP) is 11.7. The van der Waals surface area contributed by atoms with Gasteiger partial charge in [0.05, 0.1) is 0 Å². The first-order valence-corrected chi connectivity index (χ1v) is 17.8. The van der Waals surface area contributed by atoms with Crippen molar-refractivity contribution < 1.29 is 14.1 Å². The summed E-state index contributed by atoms with van der Waals surface area (Å²) in [6, 6.07) is 25.7. The number of carbonyl (C=O) groups is 1. The van der Waals surface area contributed by atoms with Crippen molar-refractivity contribution in [1.82, 2.24) is 0 Å². The quantitative estimate of drug-likeness (QED) is 0.307. The maximum absolute atomic E-state index is 12.8. The lowest BCUT2D eigenvalue weighted by Gasteiger charge is -2.44. The minimum Gasteiger partial charge on any atom is -0.449 e. The zero-order valence-electron chi connectivity index (χ0n) is 24.4. The average molecular weight is 571 g/mol. The normalized spacial score (nSPS) is 20.0. The highest BCUT2D eigenvalue weighted by atomic mass is 32.3. The molecule has 0 aromatic heterocycles. The Balaban J connectivity index is 1.69. The van der Waals surface area contributed by atoms with E-state index >= 15 is 0 Å². The molecule has 0 atom stereocenters. The van der Waals surface area contributed by atoms with E-state index in [1.807, 2.05) is 36.4 Å². The van der Waals surface area contributed by atoms with Crippen LogP contribution in [0.25, 0.3) is 0 Å². The van der Waals surface area contributed by atoms with Crippen LogP contribution in [0, 0.1) is 0 Å². The topological polar surface area (TPSA) is 46.5 Å². The van der Waals surface area contributed by atoms with E-state index in [0.717, 1.165) is 9.79 Å². The second-order valence-corrected chi connectivity index (χ2v) is 15.2. The highest BCUT2D eigenvalue weighted by Crippen LogP contribution is 2.72. The van der Waals surface area contributed by atoms with Gasteiger partial charge in [-0.25, -0.2) is 4.79 Å². The Morgan fingerprint density at radius 2 is 0.976 bits per heavy atom. The molecule has 3 aliphatic carbocycles. The van der Waals surface area contributed by atoms with Crippen LogP contribution in [-0.4, -0.2) is 11.3 Å². The van der Waals surface area contributed by atoms with Gasteiger partial charge in [0.25, 0.3) is 0 Å². The van der Waals surface area contributed by atoms with E-state index < -0.39 is 16.5 Å². The minimum atomic E-state index is -2.54. The zero-order chi connectivity index (χ0) is 28.1. The molecule has 3 fully saturated rings. The first-order valence-electron chi connectivity index (χ1n) is 16.2. The van der Waals surface area contributed by atoms with Crippen LogP contribution in [0.5, 0.6) is 0 Å². The Morgan fingerprint density at radius 3 is 1.37 bits per heavy atom. The van der Waals surface area contributed by atoms with Gasteiger partial charge < -0.3 is 9.29 Å². The molecular weight excluding hydrogens is 524 g/mol. The third-order valence-corrected chi connectivity index (χ3v) is 13.3. The van der Waals surface area contributed by atoms with Crippen LogP contribution in [-0.2, 0) is 4.18 Å². The second kappa shape index (κ2) is 13.1. The summed E-state index contributed by atoms with van der Waals surface area (Å²) in [7, 11) is -2.54. The van der Waals surface area contributed by atoms with Crippen LogP contribution in [0.4, 0.5) is 4.79 Å². The van der Waals surface area contributed by atoms with Gasteiger partial charge in [-0.15, -0.1) is 0 Å². The minimum absolute atomic E-state index is 0.446. The van der Waals surface area contributed by atoms with Gasteiger partial charge in [0, 0.05) is 14.7 Å². The van der Waals surface area contributed by atoms with Crippen molar-refractivity contribution in [3.05, 3.63) is 89.5 Å². The molecule has 0 saturated heterocycles. The highest BCUT2D eigenvalue weighted by molar-refractivity contribution is 8.30. The second-order valence-electron chi connectivity index (χ2n) is 12.6. The molecule has 0 aliphatic heterocycles. The molecule has 3 aromatic rings. The van der Waals surface area contributed by atoms with E-state index in [4.69, 9.17) is 4.18 Å². The maximum atomic E-state index is 12.8. The predicted molar refractivity (Wildman–Crippen MR) is 168 cm³/mol. The molecular formula is C37H46O3S. The van der Waals surface area contributed by atoms with Crippen LogP contribution in [0.15, 0.2) is 87.5 Å². The Hall–Kier alpha value is -2.72. The lowest BCUT2D eigenvalue weighted by atomic mass is 9.76. The number of rotatable bonds is 7. The van der Waals surface area contributed by atoms with Crippen molar-refractivity contribution in [2.24, 2.45) is 0 Å². The highest BCUT2D eigenvalue weighted by Gasteiger charge is 2.42. The van der Waals surface area contributed by atoms with Crippen molar-refractivity contribution in [1.29, 1.82) is 0 Å². The molecule has 3 aromatic carbocycles. The summed E-state index contributed by atoms with van der Waals surface area (Å²) in [4.78, 5) is 16.0. The molecule has 0 heterocycles. The Morgan fingerprint density at radius 1 is 0.585 bits per heavy atom. The number of carboxylic acid groups (broad SMARTS) is 1. The van der Waals surface area contributed by atoms with Gasteiger partial charge in [-0.1, -0.05) is 106 Å². The first-order chi connectivity index (χ1) is 20.2. The summed E-state index contributed by atoms with van der Waals surface area (Å²) < 4.78 is 6.44. The Labute approximate surface area is 248 Å². The van der Waals surface area contributed by atoms with E-state index in [1.165, 1.54) is 118 Å². The van der Waals surface area contributed by atoms with Gasteiger partial charge >= 0.3 is 6.16 Å². The van der Waals surface area contributed by atoms with E-state index in [1.54, 1.807) is 0 Å². The monoisotopic (exact) mass is 570 g/mol. The molecule has 0 spiro atoms. The van der Waals surface area contributed by atoms with Gasteiger partial charge in [-0.05, 0) is 108 Å². The molecule has 1 N–H and O–H groups in total. The third kappa shape index (κ3) is 5.95. The molecule has 4 heteroatoms. The molecule has 218 valence electrons. The molecule has 0 radical (unpaired) electrons. The lowest BCUT2D eigenvalue weighted by molar-refractivity contribution is 0.150. The molecule has 3 aliphatic rings. The first kappa shape index (κ1) is 28.4. The SMILES string of the molecule is O=C(O)OS(c1ccccc1)(c1ccccc1)c1c(C2CCCCC2)cc(C2CCCCC2)cc1C1CCCCC1. The summed E-state index contributed by atoms with van der Waals surface area (Å²) in [6.45, 7) is 0. The number of hydrogen-bond acceptors (Lipinski definition) is 2. The van der Waals surface area contributed by atoms with Crippen LogP contribution in [0.1, 0.15) is 131 Å². The summed E-state index contributed by atoms with van der Waals surface area (Å²) in [5, 5.41) is 10.5. The van der Waals surface area contributed by atoms with Gasteiger partial charge in [0.15, 0.2) is 0 Å². The average Bonchev–Trinajstić information content (AvgIpc) is 3.05. The van der Waals surface area contributed by atoms with Crippen molar-refractivity contribution in [3.8, 4) is 0 Å². The Kier molecular flexibility index (Phi) is 9.05.